The van der Waals surface area contributed by atoms with Crippen molar-refractivity contribution in [2.24, 2.45) is 23.7 Å². The Morgan fingerprint density at radius 3 is 1.39 bits per heavy atom. The van der Waals surface area contributed by atoms with E-state index >= 15 is 0 Å². The number of esters is 2. The van der Waals surface area contributed by atoms with Gasteiger partial charge in [-0.25, -0.2) is 0 Å². The molecule has 0 radical (unpaired) electrons. The molecule has 0 aromatic carbocycles. The van der Waals surface area contributed by atoms with Crippen LogP contribution in [0.5, 0.6) is 0 Å². The summed E-state index contributed by atoms with van der Waals surface area (Å²) in [5.74, 6) is 1.90. The van der Waals surface area contributed by atoms with Gasteiger partial charge >= 0.3 is 11.9 Å². The van der Waals surface area contributed by atoms with Crippen molar-refractivity contribution >= 4 is 11.9 Å². The average molecular weight is 395 g/mol. The zero-order valence-corrected chi connectivity index (χ0v) is 18.3. The lowest BCUT2D eigenvalue weighted by Gasteiger charge is -2.23. The normalized spacial score (nSPS) is 20.2. The van der Waals surface area contributed by atoms with Crippen molar-refractivity contribution in [2.75, 3.05) is 13.2 Å². The summed E-state index contributed by atoms with van der Waals surface area (Å²) in [6.07, 6.45) is 15.1. The van der Waals surface area contributed by atoms with Gasteiger partial charge < -0.3 is 9.47 Å². The molecule has 0 aromatic heterocycles. The minimum Gasteiger partial charge on any atom is -0.465 e. The van der Waals surface area contributed by atoms with Crippen molar-refractivity contribution in [3.05, 3.63) is 0 Å². The van der Waals surface area contributed by atoms with Crippen LogP contribution in [0.15, 0.2) is 0 Å². The molecule has 0 aliphatic heterocycles. The molecule has 162 valence electrons. The number of hydrogen-bond acceptors (Lipinski definition) is 4. The lowest BCUT2D eigenvalue weighted by atomic mass is 9.88. The molecular formula is C24H42O4. The minimum absolute atomic E-state index is 0.143. The SMILES string of the molecule is CCCC(COC(=O)CCC(=O)OCC(CCC)C1CCCC1)C1CCCC1. The molecule has 2 saturated carbocycles. The van der Waals surface area contributed by atoms with E-state index in [9.17, 15) is 9.59 Å². The maximum atomic E-state index is 12.1. The molecule has 0 saturated heterocycles. The number of ether oxygens (including phenoxy) is 2. The summed E-state index contributed by atoms with van der Waals surface area (Å²) in [4.78, 5) is 24.2. The first-order valence-electron chi connectivity index (χ1n) is 11.9. The number of carbonyl (C=O) groups is 2. The van der Waals surface area contributed by atoms with Crippen LogP contribution >= 0.6 is 0 Å². The third-order valence-corrected chi connectivity index (χ3v) is 6.90. The molecule has 0 heterocycles. The minimum atomic E-state index is -0.253. The van der Waals surface area contributed by atoms with E-state index in [1.807, 2.05) is 0 Å². The Morgan fingerprint density at radius 1 is 0.714 bits per heavy atom. The van der Waals surface area contributed by atoms with Gasteiger partial charge in [-0.3, -0.25) is 9.59 Å². The lowest BCUT2D eigenvalue weighted by molar-refractivity contribution is -0.152. The average Bonchev–Trinajstić information content (AvgIpc) is 3.40. The zero-order valence-electron chi connectivity index (χ0n) is 18.3. The summed E-state index contributed by atoms with van der Waals surface area (Å²) in [5, 5.41) is 0. The Morgan fingerprint density at radius 2 is 1.07 bits per heavy atom. The largest absolute Gasteiger partial charge is 0.465 e. The van der Waals surface area contributed by atoms with Gasteiger partial charge in [0.1, 0.15) is 0 Å². The van der Waals surface area contributed by atoms with Gasteiger partial charge in [0.2, 0.25) is 0 Å². The van der Waals surface area contributed by atoms with Gasteiger partial charge in [-0.05, 0) is 36.5 Å². The second-order valence-electron chi connectivity index (χ2n) is 9.05. The van der Waals surface area contributed by atoms with Gasteiger partial charge in [0.25, 0.3) is 0 Å². The van der Waals surface area contributed by atoms with Crippen LogP contribution in [-0.4, -0.2) is 25.2 Å². The maximum Gasteiger partial charge on any atom is 0.306 e. The third kappa shape index (κ3) is 8.13. The Labute approximate surface area is 172 Å². The van der Waals surface area contributed by atoms with Crippen LogP contribution in [0.3, 0.4) is 0 Å². The van der Waals surface area contributed by atoms with E-state index in [0.29, 0.717) is 36.9 Å². The summed E-state index contributed by atoms with van der Waals surface area (Å²) in [6.45, 7) is 5.42. The fourth-order valence-corrected chi connectivity index (χ4v) is 5.26. The molecule has 0 aromatic rings. The summed E-state index contributed by atoms with van der Waals surface area (Å²) in [5.41, 5.74) is 0. The van der Waals surface area contributed by atoms with E-state index in [1.165, 1.54) is 51.4 Å². The van der Waals surface area contributed by atoms with E-state index in [1.54, 1.807) is 0 Å². The Kier molecular flexibility index (Phi) is 11.0. The van der Waals surface area contributed by atoms with E-state index in [0.717, 1.165) is 25.7 Å². The summed E-state index contributed by atoms with van der Waals surface area (Å²) in [7, 11) is 0. The van der Waals surface area contributed by atoms with Crippen molar-refractivity contribution in [1.29, 1.82) is 0 Å². The monoisotopic (exact) mass is 394 g/mol. The number of rotatable bonds is 13. The highest BCUT2D eigenvalue weighted by Crippen LogP contribution is 2.35. The van der Waals surface area contributed by atoms with Crippen LogP contribution in [0.2, 0.25) is 0 Å². The second kappa shape index (κ2) is 13.2. The highest BCUT2D eigenvalue weighted by atomic mass is 16.5. The molecule has 2 unspecified atom stereocenters. The first-order valence-corrected chi connectivity index (χ1v) is 11.9. The van der Waals surface area contributed by atoms with Gasteiger partial charge in [-0.2, -0.15) is 0 Å². The molecule has 28 heavy (non-hydrogen) atoms. The molecule has 2 fully saturated rings. The summed E-state index contributed by atoms with van der Waals surface area (Å²) in [6, 6.07) is 0. The second-order valence-corrected chi connectivity index (χ2v) is 9.05. The van der Waals surface area contributed by atoms with Gasteiger partial charge in [0, 0.05) is 0 Å². The smallest absolute Gasteiger partial charge is 0.306 e. The van der Waals surface area contributed by atoms with Crippen molar-refractivity contribution in [3.8, 4) is 0 Å². The Hall–Kier alpha value is -1.06. The predicted octanol–water partition coefficient (Wildman–Crippen LogP) is 6.07. The van der Waals surface area contributed by atoms with Crippen molar-refractivity contribution in [3.63, 3.8) is 0 Å². The van der Waals surface area contributed by atoms with E-state index in [-0.39, 0.29) is 24.8 Å². The van der Waals surface area contributed by atoms with Gasteiger partial charge in [0.05, 0.1) is 26.1 Å². The highest BCUT2D eigenvalue weighted by Gasteiger charge is 2.27. The quantitative estimate of drug-likeness (QED) is 0.356. The molecule has 2 atom stereocenters. The lowest BCUT2D eigenvalue weighted by Crippen LogP contribution is -2.22. The molecule has 4 heteroatoms. The van der Waals surface area contributed by atoms with Crippen LogP contribution in [0.4, 0.5) is 0 Å². The van der Waals surface area contributed by atoms with Crippen LogP contribution in [0.1, 0.15) is 104 Å². The van der Waals surface area contributed by atoms with Gasteiger partial charge in [0.15, 0.2) is 0 Å². The molecule has 4 nitrogen and oxygen atoms in total. The predicted molar refractivity (Wildman–Crippen MR) is 112 cm³/mol. The van der Waals surface area contributed by atoms with E-state index in [4.69, 9.17) is 9.47 Å². The molecule has 0 bridgehead atoms. The fourth-order valence-electron chi connectivity index (χ4n) is 5.26. The molecule has 0 N–H and O–H groups in total. The molecule has 2 aliphatic carbocycles. The van der Waals surface area contributed by atoms with Gasteiger partial charge in [-0.1, -0.05) is 78.1 Å². The van der Waals surface area contributed by atoms with Crippen LogP contribution in [0, 0.1) is 23.7 Å². The van der Waals surface area contributed by atoms with E-state index < -0.39 is 0 Å². The zero-order chi connectivity index (χ0) is 20.2. The van der Waals surface area contributed by atoms with E-state index in [2.05, 4.69) is 13.8 Å². The number of hydrogen-bond donors (Lipinski definition) is 0. The molecule has 2 aliphatic rings. The topological polar surface area (TPSA) is 52.6 Å². The summed E-state index contributed by atoms with van der Waals surface area (Å²) < 4.78 is 11.0. The van der Waals surface area contributed by atoms with Crippen LogP contribution in [-0.2, 0) is 19.1 Å². The molecule has 0 amide bonds. The van der Waals surface area contributed by atoms with Crippen molar-refractivity contribution in [1.82, 2.24) is 0 Å². The standard InChI is InChI=1S/C24H42O4/c1-3-9-21(19-11-5-6-12-19)17-27-23(25)15-16-24(26)28-18-22(10-4-2)20-13-7-8-14-20/h19-22H,3-18H2,1-2H3. The molecule has 0 spiro atoms. The fraction of sp³-hybridized carbons (Fsp3) is 0.917. The third-order valence-electron chi connectivity index (χ3n) is 6.90. The van der Waals surface area contributed by atoms with Crippen molar-refractivity contribution in [2.45, 2.75) is 104 Å². The first-order chi connectivity index (χ1) is 13.6. The van der Waals surface area contributed by atoms with Crippen LogP contribution in [0.25, 0.3) is 0 Å². The Bertz CT molecular complexity index is 408. The highest BCUT2D eigenvalue weighted by molar-refractivity contribution is 5.77. The number of carbonyl (C=O) groups excluding carboxylic acids is 2. The molecular weight excluding hydrogens is 352 g/mol. The Balaban J connectivity index is 1.63. The first kappa shape index (κ1) is 23.2. The molecule has 2 rings (SSSR count). The van der Waals surface area contributed by atoms with Crippen molar-refractivity contribution < 1.29 is 19.1 Å². The van der Waals surface area contributed by atoms with Gasteiger partial charge in [-0.15, -0.1) is 0 Å². The summed E-state index contributed by atoms with van der Waals surface area (Å²) >= 11 is 0. The maximum absolute atomic E-state index is 12.1. The van der Waals surface area contributed by atoms with Crippen LogP contribution < -0.4 is 0 Å².